The van der Waals surface area contributed by atoms with E-state index >= 15 is 0 Å². The first kappa shape index (κ1) is 17.9. The minimum Gasteiger partial charge on any atom is -0.346 e. The van der Waals surface area contributed by atoms with Crippen molar-refractivity contribution in [2.24, 2.45) is 0 Å². The van der Waals surface area contributed by atoms with Gasteiger partial charge in [-0.05, 0) is 26.0 Å². The molecule has 8 heteroatoms. The molecule has 0 saturated carbocycles. The number of carbonyl (C=O) groups excluding carboxylic acids is 2. The highest BCUT2D eigenvalue weighted by Gasteiger charge is 2.43. The number of H-pyrrole nitrogens is 1. The Morgan fingerprint density at radius 1 is 1.20 bits per heavy atom. The van der Waals surface area contributed by atoms with E-state index in [0.29, 0.717) is 31.6 Å². The fraction of sp³-hybridized carbons (Fsp3) is 0.588. The molecular formula is C17H23ClN4O3. The maximum atomic E-state index is 12.9. The molecular weight excluding hydrogens is 344 g/mol. The Labute approximate surface area is 151 Å². The summed E-state index contributed by atoms with van der Waals surface area (Å²) in [5, 5.41) is 0.0105. The van der Waals surface area contributed by atoms with Gasteiger partial charge >= 0.3 is 0 Å². The summed E-state index contributed by atoms with van der Waals surface area (Å²) in [5.41, 5.74) is -0.218. The molecule has 1 aromatic heterocycles. The third-order valence-electron chi connectivity index (χ3n) is 5.53. The van der Waals surface area contributed by atoms with Crippen molar-refractivity contribution in [3.05, 3.63) is 33.2 Å². The second-order valence-corrected chi connectivity index (χ2v) is 7.41. The molecule has 0 bridgehead atoms. The molecule has 0 aromatic carbocycles. The van der Waals surface area contributed by atoms with E-state index in [9.17, 15) is 14.4 Å². The minimum absolute atomic E-state index is 0.0105. The van der Waals surface area contributed by atoms with E-state index in [0.717, 1.165) is 19.4 Å². The number of hydrogen-bond acceptors (Lipinski definition) is 4. The van der Waals surface area contributed by atoms with Gasteiger partial charge in [-0.3, -0.25) is 19.3 Å². The lowest BCUT2D eigenvalue weighted by Gasteiger charge is -2.49. The standard InChI is InChI=1S/C17H23ClN4O3/c1-20-6-5-17(4-3-14(20)23)11-22(8-7-21(17)2)16(25)12-9-13(18)15(24)19-10-12/h9-10H,3-8,11H2,1-2H3,(H,19,24)/t17-/m0/s1. The largest absolute Gasteiger partial charge is 0.346 e. The van der Waals surface area contributed by atoms with Crippen LogP contribution in [0.5, 0.6) is 0 Å². The highest BCUT2D eigenvalue weighted by Crippen LogP contribution is 2.32. The highest BCUT2D eigenvalue weighted by molar-refractivity contribution is 6.30. The summed E-state index contributed by atoms with van der Waals surface area (Å²) >= 11 is 5.85. The number of halogens is 1. The molecule has 3 rings (SSSR count). The topological polar surface area (TPSA) is 76.7 Å². The molecule has 0 radical (unpaired) electrons. The Morgan fingerprint density at radius 3 is 2.68 bits per heavy atom. The first-order chi connectivity index (χ1) is 11.8. The van der Waals surface area contributed by atoms with Gasteiger partial charge in [0.15, 0.2) is 0 Å². The number of amides is 2. The fourth-order valence-electron chi connectivity index (χ4n) is 3.69. The van der Waals surface area contributed by atoms with Crippen molar-refractivity contribution < 1.29 is 9.59 Å². The van der Waals surface area contributed by atoms with E-state index in [4.69, 9.17) is 11.6 Å². The summed E-state index contributed by atoms with van der Waals surface area (Å²) in [6.07, 6.45) is 3.48. The Hall–Kier alpha value is -1.86. The number of aromatic amines is 1. The van der Waals surface area contributed by atoms with Gasteiger partial charge in [-0.1, -0.05) is 11.6 Å². The molecule has 0 aliphatic carbocycles. The SMILES string of the molecule is CN1CC[C@@]2(CCC1=O)CN(C(=O)c1c[nH]c(=O)c(Cl)c1)CCN2C. The van der Waals surface area contributed by atoms with Gasteiger partial charge in [0.05, 0.1) is 5.56 Å². The van der Waals surface area contributed by atoms with Crippen molar-refractivity contribution in [2.75, 3.05) is 40.3 Å². The number of carbonyl (C=O) groups is 2. The molecule has 1 N–H and O–H groups in total. The van der Waals surface area contributed by atoms with Gasteiger partial charge in [-0.25, -0.2) is 0 Å². The van der Waals surface area contributed by atoms with Crippen molar-refractivity contribution in [3.63, 3.8) is 0 Å². The van der Waals surface area contributed by atoms with Crippen molar-refractivity contribution in [2.45, 2.75) is 24.8 Å². The van der Waals surface area contributed by atoms with E-state index in [1.165, 1.54) is 12.3 Å². The maximum absolute atomic E-state index is 12.9. The van der Waals surface area contributed by atoms with Crippen LogP contribution in [-0.2, 0) is 4.79 Å². The van der Waals surface area contributed by atoms with Gasteiger partial charge in [0.2, 0.25) is 5.91 Å². The normalized spacial score (nSPS) is 25.3. The van der Waals surface area contributed by atoms with Gasteiger partial charge in [-0.15, -0.1) is 0 Å². The molecule has 1 atom stereocenters. The molecule has 1 aromatic rings. The Kier molecular flexibility index (Phi) is 4.88. The quantitative estimate of drug-likeness (QED) is 0.797. The smallest absolute Gasteiger partial charge is 0.266 e. The van der Waals surface area contributed by atoms with Crippen LogP contribution in [0.3, 0.4) is 0 Å². The van der Waals surface area contributed by atoms with Crippen molar-refractivity contribution >= 4 is 23.4 Å². The second kappa shape index (κ2) is 6.80. The Bertz CT molecular complexity index is 750. The molecule has 25 heavy (non-hydrogen) atoms. The van der Waals surface area contributed by atoms with Gasteiger partial charge in [0.25, 0.3) is 11.5 Å². The van der Waals surface area contributed by atoms with Crippen molar-refractivity contribution in [3.8, 4) is 0 Å². The molecule has 2 amide bonds. The number of aromatic nitrogens is 1. The molecule has 2 saturated heterocycles. The van der Waals surface area contributed by atoms with Gasteiger partial charge in [0.1, 0.15) is 5.02 Å². The Morgan fingerprint density at radius 2 is 1.96 bits per heavy atom. The van der Waals surface area contributed by atoms with E-state index in [1.807, 2.05) is 7.05 Å². The summed E-state index contributed by atoms with van der Waals surface area (Å²) < 4.78 is 0. The lowest BCUT2D eigenvalue weighted by atomic mass is 9.86. The molecule has 136 valence electrons. The summed E-state index contributed by atoms with van der Waals surface area (Å²) in [7, 11) is 3.89. The highest BCUT2D eigenvalue weighted by atomic mass is 35.5. The van der Waals surface area contributed by atoms with Gasteiger partial charge in [0, 0.05) is 51.4 Å². The zero-order valence-corrected chi connectivity index (χ0v) is 15.3. The number of likely N-dealkylation sites (tertiary alicyclic amines) is 1. The molecule has 2 aliphatic heterocycles. The number of nitrogens with zero attached hydrogens (tertiary/aromatic N) is 3. The zero-order valence-electron chi connectivity index (χ0n) is 14.5. The Balaban J connectivity index is 1.82. The molecule has 2 fully saturated rings. The monoisotopic (exact) mass is 366 g/mol. The van der Waals surface area contributed by atoms with Crippen LogP contribution in [0.2, 0.25) is 5.02 Å². The summed E-state index contributed by atoms with van der Waals surface area (Å²) in [5.74, 6) is 0.00990. The zero-order chi connectivity index (χ0) is 18.2. The lowest BCUT2D eigenvalue weighted by molar-refractivity contribution is -0.129. The third-order valence-corrected chi connectivity index (χ3v) is 5.82. The van der Waals surface area contributed by atoms with E-state index in [2.05, 4.69) is 16.9 Å². The van der Waals surface area contributed by atoms with Crippen LogP contribution in [0.4, 0.5) is 0 Å². The van der Waals surface area contributed by atoms with E-state index in [-0.39, 0.29) is 22.4 Å². The van der Waals surface area contributed by atoms with Crippen LogP contribution in [-0.4, -0.2) is 77.3 Å². The van der Waals surface area contributed by atoms with Crippen molar-refractivity contribution in [1.82, 2.24) is 19.7 Å². The molecule has 3 heterocycles. The predicted molar refractivity (Wildman–Crippen MR) is 94.8 cm³/mol. The maximum Gasteiger partial charge on any atom is 0.266 e. The first-order valence-electron chi connectivity index (χ1n) is 8.45. The van der Waals surface area contributed by atoms with Crippen LogP contribution in [0.15, 0.2) is 17.1 Å². The van der Waals surface area contributed by atoms with Gasteiger partial charge in [-0.2, -0.15) is 0 Å². The molecule has 2 aliphatic rings. The molecule has 0 unspecified atom stereocenters. The van der Waals surface area contributed by atoms with Crippen LogP contribution >= 0.6 is 11.6 Å². The molecule has 1 spiro atoms. The first-order valence-corrected chi connectivity index (χ1v) is 8.83. The van der Waals surface area contributed by atoms with E-state index < -0.39 is 5.56 Å². The van der Waals surface area contributed by atoms with Crippen LogP contribution in [0, 0.1) is 0 Å². The predicted octanol–water partition coefficient (Wildman–Crippen LogP) is 0.797. The summed E-state index contributed by atoms with van der Waals surface area (Å²) in [4.78, 5) is 44.6. The second-order valence-electron chi connectivity index (χ2n) is 7.00. The van der Waals surface area contributed by atoms with Crippen LogP contribution in [0.1, 0.15) is 29.6 Å². The fourth-order valence-corrected chi connectivity index (χ4v) is 3.87. The van der Waals surface area contributed by atoms with Crippen LogP contribution in [0.25, 0.3) is 0 Å². The van der Waals surface area contributed by atoms with Crippen molar-refractivity contribution in [1.29, 1.82) is 0 Å². The number of piperazine rings is 1. The number of nitrogens with one attached hydrogen (secondary N) is 1. The number of pyridine rings is 1. The minimum atomic E-state index is -0.404. The number of rotatable bonds is 1. The van der Waals surface area contributed by atoms with E-state index in [1.54, 1.807) is 9.80 Å². The summed E-state index contributed by atoms with van der Waals surface area (Å²) in [6.45, 7) is 2.62. The average Bonchev–Trinajstić information content (AvgIpc) is 2.74. The summed E-state index contributed by atoms with van der Waals surface area (Å²) in [6, 6.07) is 1.41. The average molecular weight is 367 g/mol. The number of hydrogen-bond donors (Lipinski definition) is 1. The number of likely N-dealkylation sites (N-methyl/N-ethyl adjacent to an activating group) is 1. The third kappa shape index (κ3) is 3.43. The lowest BCUT2D eigenvalue weighted by Crippen LogP contribution is -2.62. The molecule has 7 nitrogen and oxygen atoms in total. The van der Waals surface area contributed by atoms with Gasteiger partial charge < -0.3 is 14.8 Å². The van der Waals surface area contributed by atoms with Crippen LogP contribution < -0.4 is 5.56 Å².